The van der Waals surface area contributed by atoms with Gasteiger partial charge in [0.15, 0.2) is 16.7 Å². The Morgan fingerprint density at radius 2 is 1.71 bits per heavy atom. The lowest BCUT2D eigenvalue weighted by atomic mass is 10.0. The number of aromatic amines is 1. The summed E-state index contributed by atoms with van der Waals surface area (Å²) in [7, 11) is 1.52. The molecule has 3 heterocycles. The highest BCUT2D eigenvalue weighted by molar-refractivity contribution is 5.84. The third kappa shape index (κ3) is 2.73. The van der Waals surface area contributed by atoms with Gasteiger partial charge in [0.1, 0.15) is 22.9 Å². The first-order chi connectivity index (χ1) is 14.9. The minimum absolute atomic E-state index is 0.0785. The Balaban J connectivity index is 1.80. The normalized spacial score (nSPS) is 11.5. The summed E-state index contributed by atoms with van der Waals surface area (Å²) in [6.45, 7) is 3.24. The van der Waals surface area contributed by atoms with E-state index in [4.69, 9.17) is 9.15 Å². The lowest BCUT2D eigenvalue weighted by Gasteiger charge is -2.06. The predicted molar refractivity (Wildman–Crippen MR) is 110 cm³/mol. The van der Waals surface area contributed by atoms with Crippen molar-refractivity contribution in [2.24, 2.45) is 0 Å². The molecule has 0 aliphatic carbocycles. The zero-order valence-electron chi connectivity index (χ0n) is 16.8. The van der Waals surface area contributed by atoms with Crippen LogP contribution in [0.1, 0.15) is 11.4 Å². The molecule has 0 atom stereocenters. The van der Waals surface area contributed by atoms with Crippen LogP contribution in [-0.4, -0.2) is 26.7 Å². The molecule has 0 aliphatic rings. The molecule has 1 N–H and O–H groups in total. The largest absolute Gasteiger partial charge is 0.494 e. The maximum Gasteiger partial charge on any atom is 0.285 e. The summed E-state index contributed by atoms with van der Waals surface area (Å²) in [6.07, 6.45) is 0. The van der Waals surface area contributed by atoms with Gasteiger partial charge in [-0.15, -0.1) is 0 Å². The molecular formula is C22H16F2N4O3. The number of hydrogen-bond donors (Lipinski definition) is 1. The molecule has 31 heavy (non-hydrogen) atoms. The highest BCUT2D eigenvalue weighted by Gasteiger charge is 2.25. The summed E-state index contributed by atoms with van der Waals surface area (Å²) >= 11 is 0. The van der Waals surface area contributed by atoms with Crippen molar-refractivity contribution in [3.63, 3.8) is 0 Å². The van der Waals surface area contributed by atoms with Gasteiger partial charge < -0.3 is 9.15 Å². The van der Waals surface area contributed by atoms with E-state index in [-0.39, 0.29) is 28.2 Å². The topological polar surface area (TPSA) is 85.4 Å². The highest BCUT2D eigenvalue weighted by atomic mass is 19.1. The summed E-state index contributed by atoms with van der Waals surface area (Å²) in [5.74, 6) is -0.902. The lowest BCUT2D eigenvalue weighted by molar-refractivity contribution is 0.419. The molecule has 0 amide bonds. The van der Waals surface area contributed by atoms with Gasteiger partial charge in [-0.25, -0.2) is 23.3 Å². The van der Waals surface area contributed by atoms with Gasteiger partial charge in [-0.3, -0.25) is 9.89 Å². The zero-order valence-corrected chi connectivity index (χ0v) is 16.8. The van der Waals surface area contributed by atoms with Crippen molar-refractivity contribution >= 4 is 16.7 Å². The number of rotatable bonds is 3. The summed E-state index contributed by atoms with van der Waals surface area (Å²) in [5.41, 5.74) is 1.32. The fraction of sp³-hybridized carbons (Fsp3) is 0.136. The molecule has 0 bridgehead atoms. The van der Waals surface area contributed by atoms with Crippen LogP contribution in [-0.2, 0) is 0 Å². The van der Waals surface area contributed by atoms with E-state index in [9.17, 15) is 13.6 Å². The van der Waals surface area contributed by atoms with Crippen LogP contribution >= 0.6 is 0 Å². The summed E-state index contributed by atoms with van der Waals surface area (Å²) in [6, 6.07) is 8.80. The Morgan fingerprint density at radius 1 is 1.00 bits per heavy atom. The number of ether oxygens (including phenoxy) is 1. The van der Waals surface area contributed by atoms with Gasteiger partial charge in [0.2, 0.25) is 5.89 Å². The molecular weight excluding hydrogens is 406 g/mol. The smallest absolute Gasteiger partial charge is 0.285 e. The minimum Gasteiger partial charge on any atom is -0.494 e. The van der Waals surface area contributed by atoms with Crippen LogP contribution in [0.3, 0.4) is 0 Å². The SMILES string of the molecule is COc1cccc2oc(-c3c(C)nc4c(-c5c(F)cccc5F)c(C)[nH]n4c3=O)nc12. The van der Waals surface area contributed by atoms with Crippen molar-refractivity contribution in [2.45, 2.75) is 13.8 Å². The lowest BCUT2D eigenvalue weighted by Crippen LogP contribution is -2.19. The summed E-state index contributed by atoms with van der Waals surface area (Å²) < 4.78 is 41.1. The van der Waals surface area contributed by atoms with E-state index in [1.807, 2.05) is 0 Å². The van der Waals surface area contributed by atoms with Crippen molar-refractivity contribution in [3.05, 3.63) is 69.8 Å². The third-order valence-corrected chi connectivity index (χ3v) is 5.17. The average Bonchev–Trinajstić information content (AvgIpc) is 3.29. The van der Waals surface area contributed by atoms with Crippen LogP contribution in [0.4, 0.5) is 8.78 Å². The highest BCUT2D eigenvalue weighted by Crippen LogP contribution is 2.33. The molecule has 0 spiro atoms. The number of nitrogens with one attached hydrogen (secondary N) is 1. The van der Waals surface area contributed by atoms with E-state index in [2.05, 4.69) is 15.1 Å². The number of para-hydroxylation sites is 1. The van der Waals surface area contributed by atoms with Crippen molar-refractivity contribution < 1.29 is 17.9 Å². The molecule has 3 aromatic heterocycles. The van der Waals surface area contributed by atoms with Gasteiger partial charge in [0.05, 0.1) is 23.9 Å². The Hall–Kier alpha value is -4.01. The van der Waals surface area contributed by atoms with E-state index >= 15 is 0 Å². The number of methoxy groups -OCH3 is 1. The molecule has 2 aromatic carbocycles. The predicted octanol–water partition coefficient (Wildman–Crippen LogP) is 4.40. The Kier molecular flexibility index (Phi) is 4.14. The second-order valence-electron chi connectivity index (χ2n) is 7.07. The van der Waals surface area contributed by atoms with Crippen LogP contribution in [0, 0.1) is 25.5 Å². The first-order valence-corrected chi connectivity index (χ1v) is 9.41. The van der Waals surface area contributed by atoms with Crippen LogP contribution < -0.4 is 10.3 Å². The number of nitrogens with zero attached hydrogens (tertiary/aromatic N) is 3. The number of H-pyrrole nitrogens is 1. The standard InChI is InChI=1S/C22H16F2N4O3/c1-10-17(21-26-19-14(30-3)8-5-9-15(19)31-21)22(29)28-20(25-10)16(11(2)27-28)18-12(23)6-4-7-13(18)24/h4-9,27H,1-3H3. The molecule has 5 aromatic rings. The second kappa shape index (κ2) is 6.76. The quantitative estimate of drug-likeness (QED) is 0.466. The molecule has 0 saturated heterocycles. The van der Waals surface area contributed by atoms with Gasteiger partial charge in [-0.1, -0.05) is 12.1 Å². The van der Waals surface area contributed by atoms with Crippen molar-refractivity contribution in [1.82, 2.24) is 19.6 Å². The molecule has 0 saturated carbocycles. The number of oxazole rings is 1. The Labute approximate surface area is 173 Å². The van der Waals surface area contributed by atoms with Crippen molar-refractivity contribution in [1.29, 1.82) is 0 Å². The summed E-state index contributed by atoms with van der Waals surface area (Å²) in [5, 5.41) is 2.86. The first-order valence-electron chi connectivity index (χ1n) is 9.41. The fourth-order valence-electron chi connectivity index (χ4n) is 3.77. The number of benzene rings is 2. The van der Waals surface area contributed by atoms with Gasteiger partial charge in [0.25, 0.3) is 5.56 Å². The Morgan fingerprint density at radius 3 is 2.42 bits per heavy atom. The van der Waals surface area contributed by atoms with Gasteiger partial charge in [-0.2, -0.15) is 0 Å². The Bertz CT molecular complexity index is 1530. The summed E-state index contributed by atoms with van der Waals surface area (Å²) in [4.78, 5) is 22.2. The van der Waals surface area contributed by atoms with Crippen molar-refractivity contribution in [2.75, 3.05) is 7.11 Å². The van der Waals surface area contributed by atoms with Gasteiger partial charge >= 0.3 is 0 Å². The van der Waals surface area contributed by atoms with Crippen molar-refractivity contribution in [3.8, 4) is 28.3 Å². The average molecular weight is 422 g/mol. The first kappa shape index (κ1) is 19.0. The maximum atomic E-state index is 14.5. The number of hydrogen-bond acceptors (Lipinski definition) is 5. The number of fused-ring (bicyclic) bond motifs is 2. The van der Waals surface area contributed by atoms with E-state index in [0.29, 0.717) is 28.2 Å². The molecule has 9 heteroatoms. The van der Waals surface area contributed by atoms with E-state index in [1.165, 1.54) is 13.2 Å². The molecule has 0 radical (unpaired) electrons. The van der Waals surface area contributed by atoms with E-state index in [1.54, 1.807) is 32.0 Å². The molecule has 7 nitrogen and oxygen atoms in total. The van der Waals surface area contributed by atoms with Crippen LogP contribution in [0.2, 0.25) is 0 Å². The molecule has 5 rings (SSSR count). The zero-order chi connectivity index (χ0) is 21.9. The number of aromatic nitrogens is 4. The van der Waals surface area contributed by atoms with Gasteiger partial charge in [-0.05, 0) is 38.1 Å². The molecule has 0 aliphatic heterocycles. The monoisotopic (exact) mass is 422 g/mol. The van der Waals surface area contributed by atoms with E-state index < -0.39 is 17.2 Å². The maximum absolute atomic E-state index is 14.5. The van der Waals surface area contributed by atoms with Gasteiger partial charge in [0, 0.05) is 5.69 Å². The number of aryl methyl sites for hydroxylation is 2. The van der Waals surface area contributed by atoms with Crippen LogP contribution in [0.25, 0.3) is 39.3 Å². The fourth-order valence-corrected chi connectivity index (χ4v) is 3.77. The minimum atomic E-state index is -0.744. The third-order valence-electron chi connectivity index (χ3n) is 5.17. The van der Waals surface area contributed by atoms with Crippen LogP contribution in [0.15, 0.2) is 45.6 Å². The molecule has 156 valence electrons. The van der Waals surface area contributed by atoms with E-state index in [0.717, 1.165) is 16.6 Å². The van der Waals surface area contributed by atoms with Crippen LogP contribution in [0.5, 0.6) is 5.75 Å². The number of halogens is 2. The molecule has 0 fully saturated rings. The second-order valence-corrected chi connectivity index (χ2v) is 7.07. The molecule has 0 unspecified atom stereocenters.